The van der Waals surface area contributed by atoms with E-state index >= 15 is 0 Å². The topological polar surface area (TPSA) is 84.9 Å². The monoisotopic (exact) mass is 373 g/mol. The number of methoxy groups -OCH3 is 1. The van der Waals surface area contributed by atoms with Crippen LogP contribution in [-0.4, -0.2) is 30.7 Å². The second kappa shape index (κ2) is 8.07. The Morgan fingerprint density at radius 2 is 2.04 bits per heavy atom. The van der Waals surface area contributed by atoms with Gasteiger partial charge in [0, 0.05) is 0 Å². The number of carboxylic acids is 1. The standard InChI is InChI=1S/C20H20FNO5/c1-26-16-6-7-18-13(9-16)8-14(11-27-18)20(25)22-17(10-19(23)24)12-2-4-15(21)5-3-12/h2-7,9,14,17H,8,10-11H2,1H3,(H,22,25)(H,23,24). The summed E-state index contributed by atoms with van der Waals surface area (Å²) in [7, 11) is 1.56. The van der Waals surface area contributed by atoms with Gasteiger partial charge in [-0.25, -0.2) is 4.39 Å². The van der Waals surface area contributed by atoms with Gasteiger partial charge in [0.25, 0.3) is 0 Å². The molecule has 0 bridgehead atoms. The van der Waals surface area contributed by atoms with Gasteiger partial charge in [0.1, 0.15) is 23.9 Å². The number of rotatable bonds is 6. The molecule has 0 aromatic heterocycles. The largest absolute Gasteiger partial charge is 0.497 e. The molecule has 2 atom stereocenters. The first-order valence-corrected chi connectivity index (χ1v) is 8.53. The molecule has 0 spiro atoms. The molecule has 0 saturated carbocycles. The van der Waals surface area contributed by atoms with Crippen LogP contribution in [0.5, 0.6) is 11.5 Å². The minimum atomic E-state index is -1.06. The molecule has 2 aromatic rings. The van der Waals surface area contributed by atoms with Gasteiger partial charge in [-0.15, -0.1) is 0 Å². The summed E-state index contributed by atoms with van der Waals surface area (Å²) in [6, 6.07) is 10.1. The Bertz CT molecular complexity index is 837. The van der Waals surface area contributed by atoms with Crippen molar-refractivity contribution in [2.24, 2.45) is 5.92 Å². The van der Waals surface area contributed by atoms with Crippen molar-refractivity contribution in [1.82, 2.24) is 5.32 Å². The van der Waals surface area contributed by atoms with E-state index in [9.17, 15) is 14.0 Å². The third-order valence-corrected chi connectivity index (χ3v) is 4.51. The van der Waals surface area contributed by atoms with Gasteiger partial charge in [-0.1, -0.05) is 12.1 Å². The van der Waals surface area contributed by atoms with Crippen LogP contribution in [0, 0.1) is 11.7 Å². The van der Waals surface area contributed by atoms with E-state index in [1.54, 1.807) is 19.2 Å². The van der Waals surface area contributed by atoms with Crippen LogP contribution in [0.3, 0.4) is 0 Å². The lowest BCUT2D eigenvalue weighted by Gasteiger charge is -2.27. The van der Waals surface area contributed by atoms with E-state index in [1.165, 1.54) is 24.3 Å². The Hall–Kier alpha value is -3.09. The summed E-state index contributed by atoms with van der Waals surface area (Å²) < 4.78 is 24.0. The fourth-order valence-corrected chi connectivity index (χ4v) is 3.08. The Balaban J connectivity index is 1.73. The molecule has 1 aliphatic rings. The van der Waals surface area contributed by atoms with Gasteiger partial charge >= 0.3 is 5.97 Å². The van der Waals surface area contributed by atoms with Crippen molar-refractivity contribution in [2.75, 3.05) is 13.7 Å². The quantitative estimate of drug-likeness (QED) is 0.813. The number of benzene rings is 2. The van der Waals surface area contributed by atoms with Crippen molar-refractivity contribution in [1.29, 1.82) is 0 Å². The van der Waals surface area contributed by atoms with Crippen LogP contribution in [0.4, 0.5) is 4.39 Å². The molecule has 1 amide bonds. The Kier molecular flexibility index (Phi) is 5.59. The van der Waals surface area contributed by atoms with Crippen LogP contribution in [0.15, 0.2) is 42.5 Å². The van der Waals surface area contributed by atoms with E-state index in [4.69, 9.17) is 14.6 Å². The SMILES string of the molecule is COc1ccc2c(c1)CC(C(=O)NC(CC(=O)O)c1ccc(F)cc1)CO2. The van der Waals surface area contributed by atoms with Crippen molar-refractivity contribution in [3.05, 3.63) is 59.4 Å². The number of hydrogen-bond donors (Lipinski definition) is 2. The number of fused-ring (bicyclic) bond motifs is 1. The van der Waals surface area contributed by atoms with Crippen molar-refractivity contribution in [3.8, 4) is 11.5 Å². The van der Waals surface area contributed by atoms with Gasteiger partial charge < -0.3 is 19.9 Å². The molecule has 3 rings (SSSR count). The minimum Gasteiger partial charge on any atom is -0.497 e. The highest BCUT2D eigenvalue weighted by Crippen LogP contribution is 2.31. The highest BCUT2D eigenvalue weighted by molar-refractivity contribution is 5.81. The maximum atomic E-state index is 13.1. The maximum absolute atomic E-state index is 13.1. The zero-order valence-electron chi connectivity index (χ0n) is 14.8. The number of carboxylic acid groups (broad SMARTS) is 1. The Morgan fingerprint density at radius 1 is 1.30 bits per heavy atom. The fraction of sp³-hybridized carbons (Fsp3) is 0.300. The maximum Gasteiger partial charge on any atom is 0.305 e. The van der Waals surface area contributed by atoms with Gasteiger partial charge in [-0.2, -0.15) is 0 Å². The first kappa shape index (κ1) is 18.7. The van der Waals surface area contributed by atoms with Crippen molar-refractivity contribution in [2.45, 2.75) is 18.9 Å². The van der Waals surface area contributed by atoms with Crippen LogP contribution in [0.25, 0.3) is 0 Å². The molecule has 2 aromatic carbocycles. The first-order valence-electron chi connectivity index (χ1n) is 8.53. The number of carbonyl (C=O) groups excluding carboxylic acids is 1. The summed E-state index contributed by atoms with van der Waals surface area (Å²) in [6.07, 6.45) is 0.164. The molecule has 2 unspecified atom stereocenters. The van der Waals surface area contributed by atoms with E-state index in [1.807, 2.05) is 6.07 Å². The molecule has 1 aliphatic heterocycles. The average Bonchev–Trinajstić information content (AvgIpc) is 2.66. The number of amides is 1. The predicted octanol–water partition coefficient (Wildman–Crippen LogP) is 2.72. The van der Waals surface area contributed by atoms with Crippen LogP contribution in [0.1, 0.15) is 23.6 Å². The smallest absolute Gasteiger partial charge is 0.305 e. The highest BCUT2D eigenvalue weighted by Gasteiger charge is 2.29. The Morgan fingerprint density at radius 3 is 2.70 bits per heavy atom. The van der Waals surface area contributed by atoms with E-state index in [0.717, 1.165) is 5.56 Å². The van der Waals surface area contributed by atoms with Gasteiger partial charge in [0.15, 0.2) is 0 Å². The fourth-order valence-electron chi connectivity index (χ4n) is 3.08. The van der Waals surface area contributed by atoms with Crippen molar-refractivity contribution < 1.29 is 28.6 Å². The predicted molar refractivity (Wildman–Crippen MR) is 95.2 cm³/mol. The molecule has 0 aliphatic carbocycles. The molecule has 0 radical (unpaired) electrons. The lowest BCUT2D eigenvalue weighted by molar-refractivity contribution is -0.138. The van der Waals surface area contributed by atoms with E-state index < -0.39 is 23.7 Å². The first-order chi connectivity index (χ1) is 13.0. The molecular formula is C20H20FNO5. The van der Waals surface area contributed by atoms with Gasteiger partial charge in [-0.05, 0) is 47.9 Å². The third kappa shape index (κ3) is 4.55. The number of hydrogen-bond acceptors (Lipinski definition) is 4. The van der Waals surface area contributed by atoms with E-state index in [2.05, 4.69) is 5.32 Å². The lowest BCUT2D eigenvalue weighted by atomic mass is 9.94. The number of nitrogens with one attached hydrogen (secondary N) is 1. The molecule has 6 nitrogen and oxygen atoms in total. The summed E-state index contributed by atoms with van der Waals surface area (Å²) in [5, 5.41) is 11.9. The molecular weight excluding hydrogens is 353 g/mol. The van der Waals surface area contributed by atoms with Gasteiger partial charge in [0.2, 0.25) is 5.91 Å². The molecule has 142 valence electrons. The summed E-state index contributed by atoms with van der Waals surface area (Å²) in [4.78, 5) is 23.9. The number of carbonyl (C=O) groups is 2. The second-order valence-electron chi connectivity index (χ2n) is 6.40. The zero-order valence-corrected chi connectivity index (χ0v) is 14.8. The molecule has 27 heavy (non-hydrogen) atoms. The van der Waals surface area contributed by atoms with Crippen molar-refractivity contribution in [3.63, 3.8) is 0 Å². The summed E-state index contributed by atoms with van der Waals surface area (Å²) in [5.74, 6) is -0.862. The number of ether oxygens (including phenoxy) is 2. The van der Waals surface area contributed by atoms with Crippen LogP contribution >= 0.6 is 0 Å². The van der Waals surface area contributed by atoms with Crippen LogP contribution in [0.2, 0.25) is 0 Å². The van der Waals surface area contributed by atoms with Crippen molar-refractivity contribution >= 4 is 11.9 Å². The zero-order chi connectivity index (χ0) is 19.4. The highest BCUT2D eigenvalue weighted by atomic mass is 19.1. The average molecular weight is 373 g/mol. The minimum absolute atomic E-state index is 0.203. The molecule has 2 N–H and O–H groups in total. The number of halogens is 1. The van der Waals surface area contributed by atoms with Crippen LogP contribution < -0.4 is 14.8 Å². The second-order valence-corrected chi connectivity index (χ2v) is 6.40. The van der Waals surface area contributed by atoms with Crippen LogP contribution in [-0.2, 0) is 16.0 Å². The molecule has 7 heteroatoms. The van der Waals surface area contributed by atoms with Gasteiger partial charge in [-0.3, -0.25) is 9.59 Å². The third-order valence-electron chi connectivity index (χ3n) is 4.51. The normalized spacial score (nSPS) is 16.6. The lowest BCUT2D eigenvalue weighted by Crippen LogP contribution is -2.39. The summed E-state index contributed by atoms with van der Waals surface area (Å²) >= 11 is 0. The van der Waals surface area contributed by atoms with E-state index in [0.29, 0.717) is 23.5 Å². The summed E-state index contributed by atoms with van der Waals surface area (Å²) in [6.45, 7) is 0.203. The van der Waals surface area contributed by atoms with E-state index in [-0.39, 0.29) is 18.9 Å². The van der Waals surface area contributed by atoms with Gasteiger partial charge in [0.05, 0.1) is 25.5 Å². The Labute approximate surface area is 155 Å². The number of aliphatic carboxylic acids is 1. The molecule has 1 heterocycles. The summed E-state index contributed by atoms with van der Waals surface area (Å²) in [5.41, 5.74) is 1.39. The molecule has 0 saturated heterocycles. The molecule has 0 fully saturated rings.